The van der Waals surface area contributed by atoms with Crippen molar-refractivity contribution in [1.29, 1.82) is 0 Å². The van der Waals surface area contributed by atoms with Crippen LogP contribution in [0.5, 0.6) is 0 Å². The highest BCUT2D eigenvalue weighted by Gasteiger charge is 2.34. The first-order valence-electron chi connectivity index (χ1n) is 6.24. The largest absolute Gasteiger partial charge is 0.416 e. The standard InChI is InChI=1S/C13H11F3N4O3/c1-18-6-5-11(17-18)19(2)12(21)9-4-3-8(13(14,15)16)7-10(9)20(22)23/h3-7H,1-2H3. The summed E-state index contributed by atoms with van der Waals surface area (Å²) in [6.45, 7) is 0. The van der Waals surface area contributed by atoms with Gasteiger partial charge in [0, 0.05) is 32.4 Å². The predicted octanol–water partition coefficient (Wildman–Crippen LogP) is 2.62. The number of carbonyl (C=O) groups is 1. The quantitative estimate of drug-likeness (QED) is 0.641. The molecule has 0 aliphatic carbocycles. The van der Waals surface area contributed by atoms with E-state index >= 15 is 0 Å². The third kappa shape index (κ3) is 3.30. The molecule has 0 saturated heterocycles. The number of aromatic nitrogens is 2. The number of halogens is 3. The summed E-state index contributed by atoms with van der Waals surface area (Å²) >= 11 is 0. The van der Waals surface area contributed by atoms with Gasteiger partial charge in [0.2, 0.25) is 0 Å². The Morgan fingerprint density at radius 1 is 1.35 bits per heavy atom. The van der Waals surface area contributed by atoms with E-state index in [2.05, 4.69) is 5.10 Å². The van der Waals surface area contributed by atoms with Crippen LogP contribution in [-0.4, -0.2) is 27.7 Å². The minimum Gasteiger partial charge on any atom is -0.294 e. The van der Waals surface area contributed by atoms with Crippen LogP contribution in [0.3, 0.4) is 0 Å². The predicted molar refractivity (Wildman–Crippen MR) is 74.0 cm³/mol. The number of aryl methyl sites for hydroxylation is 1. The van der Waals surface area contributed by atoms with Crippen molar-refractivity contribution in [3.8, 4) is 0 Å². The van der Waals surface area contributed by atoms with Gasteiger partial charge in [-0.2, -0.15) is 18.3 Å². The zero-order chi connectivity index (χ0) is 17.4. The molecule has 10 heteroatoms. The van der Waals surface area contributed by atoms with E-state index in [0.717, 1.165) is 11.0 Å². The summed E-state index contributed by atoms with van der Waals surface area (Å²) in [6.07, 6.45) is -3.18. The second kappa shape index (κ2) is 5.71. The van der Waals surface area contributed by atoms with Crippen molar-refractivity contribution in [2.75, 3.05) is 11.9 Å². The van der Waals surface area contributed by atoms with Crippen molar-refractivity contribution in [1.82, 2.24) is 9.78 Å². The van der Waals surface area contributed by atoms with Crippen LogP contribution >= 0.6 is 0 Å². The third-order valence-electron chi connectivity index (χ3n) is 3.10. The average Bonchev–Trinajstić information content (AvgIpc) is 2.90. The topological polar surface area (TPSA) is 81.3 Å². The number of anilines is 1. The van der Waals surface area contributed by atoms with Gasteiger partial charge in [-0.3, -0.25) is 24.5 Å². The zero-order valence-corrected chi connectivity index (χ0v) is 12.0. The first kappa shape index (κ1) is 16.5. The van der Waals surface area contributed by atoms with Crippen LogP contribution in [0.4, 0.5) is 24.7 Å². The van der Waals surface area contributed by atoms with Gasteiger partial charge in [-0.25, -0.2) is 0 Å². The van der Waals surface area contributed by atoms with Crippen molar-refractivity contribution in [2.45, 2.75) is 6.18 Å². The number of nitrogens with zero attached hydrogens (tertiary/aromatic N) is 4. The number of alkyl halides is 3. The Morgan fingerprint density at radius 3 is 2.48 bits per heavy atom. The Bertz CT molecular complexity index is 770. The molecule has 2 rings (SSSR count). The molecule has 0 aliphatic heterocycles. The maximum Gasteiger partial charge on any atom is 0.416 e. The maximum absolute atomic E-state index is 12.7. The highest BCUT2D eigenvalue weighted by molar-refractivity contribution is 6.07. The lowest BCUT2D eigenvalue weighted by Crippen LogP contribution is -2.27. The number of hydrogen-bond donors (Lipinski definition) is 0. The fourth-order valence-corrected chi connectivity index (χ4v) is 1.91. The van der Waals surface area contributed by atoms with E-state index in [1.165, 1.54) is 17.8 Å². The van der Waals surface area contributed by atoms with Gasteiger partial charge >= 0.3 is 6.18 Å². The highest BCUT2D eigenvalue weighted by Crippen LogP contribution is 2.33. The van der Waals surface area contributed by atoms with E-state index in [1.807, 2.05) is 0 Å². The summed E-state index contributed by atoms with van der Waals surface area (Å²) in [6, 6.07) is 3.27. The molecular formula is C13H11F3N4O3. The number of amides is 1. The van der Waals surface area contributed by atoms with E-state index in [0.29, 0.717) is 12.1 Å². The van der Waals surface area contributed by atoms with Crippen LogP contribution in [0.2, 0.25) is 0 Å². The average molecular weight is 328 g/mol. The fraction of sp³-hybridized carbons (Fsp3) is 0.231. The van der Waals surface area contributed by atoms with E-state index in [4.69, 9.17) is 0 Å². The second-order valence-corrected chi connectivity index (χ2v) is 4.70. The minimum atomic E-state index is -4.74. The lowest BCUT2D eigenvalue weighted by molar-refractivity contribution is -0.385. The summed E-state index contributed by atoms with van der Waals surface area (Å²) in [5.74, 6) is -0.615. The lowest BCUT2D eigenvalue weighted by Gasteiger charge is -2.15. The van der Waals surface area contributed by atoms with Crippen molar-refractivity contribution < 1.29 is 22.9 Å². The molecule has 0 radical (unpaired) electrons. The van der Waals surface area contributed by atoms with Crippen LogP contribution in [0.25, 0.3) is 0 Å². The molecule has 122 valence electrons. The molecule has 23 heavy (non-hydrogen) atoms. The molecule has 0 spiro atoms. The van der Waals surface area contributed by atoms with E-state index < -0.39 is 33.8 Å². The molecule has 0 saturated carbocycles. The van der Waals surface area contributed by atoms with Crippen LogP contribution in [0, 0.1) is 10.1 Å². The Kier molecular flexibility index (Phi) is 4.08. The normalized spacial score (nSPS) is 11.3. The molecule has 0 aliphatic rings. The van der Waals surface area contributed by atoms with Crippen molar-refractivity contribution in [2.24, 2.45) is 7.05 Å². The van der Waals surface area contributed by atoms with Gasteiger partial charge in [0.05, 0.1) is 10.5 Å². The van der Waals surface area contributed by atoms with Gasteiger partial charge in [-0.15, -0.1) is 0 Å². The number of nitro benzene ring substituents is 1. The van der Waals surface area contributed by atoms with Gasteiger partial charge in [-0.05, 0) is 12.1 Å². The number of nitro groups is 1. The number of hydrogen-bond acceptors (Lipinski definition) is 4. The highest BCUT2D eigenvalue weighted by atomic mass is 19.4. The Hall–Kier alpha value is -2.91. The lowest BCUT2D eigenvalue weighted by atomic mass is 10.1. The van der Waals surface area contributed by atoms with E-state index in [1.54, 1.807) is 13.2 Å². The molecule has 2 aromatic rings. The SMILES string of the molecule is CN(C(=O)c1ccc(C(F)(F)F)cc1[N+](=O)[O-])c1ccn(C)n1. The van der Waals surface area contributed by atoms with Crippen LogP contribution in [-0.2, 0) is 13.2 Å². The summed E-state index contributed by atoms with van der Waals surface area (Å²) < 4.78 is 39.4. The van der Waals surface area contributed by atoms with Crippen molar-refractivity contribution in [3.05, 3.63) is 51.7 Å². The molecule has 1 aromatic heterocycles. The van der Waals surface area contributed by atoms with Gasteiger partial charge in [0.1, 0.15) is 5.56 Å². The zero-order valence-electron chi connectivity index (χ0n) is 12.0. The van der Waals surface area contributed by atoms with Gasteiger partial charge in [0.15, 0.2) is 5.82 Å². The summed E-state index contributed by atoms with van der Waals surface area (Å²) in [5.41, 5.74) is -2.55. The maximum atomic E-state index is 12.7. The molecule has 1 aromatic carbocycles. The molecule has 0 bridgehead atoms. The molecule has 1 amide bonds. The van der Waals surface area contributed by atoms with Gasteiger partial charge in [0.25, 0.3) is 11.6 Å². The molecule has 0 unspecified atom stereocenters. The van der Waals surface area contributed by atoms with Gasteiger partial charge < -0.3 is 0 Å². The fourth-order valence-electron chi connectivity index (χ4n) is 1.91. The Morgan fingerprint density at radius 2 is 2.00 bits per heavy atom. The number of benzene rings is 1. The van der Waals surface area contributed by atoms with Crippen LogP contribution in [0.1, 0.15) is 15.9 Å². The summed E-state index contributed by atoms with van der Waals surface area (Å²) in [7, 11) is 2.94. The Balaban J connectivity index is 2.46. The molecule has 0 fully saturated rings. The first-order valence-corrected chi connectivity index (χ1v) is 6.24. The molecular weight excluding hydrogens is 317 g/mol. The number of rotatable bonds is 3. The van der Waals surface area contributed by atoms with E-state index in [9.17, 15) is 28.1 Å². The second-order valence-electron chi connectivity index (χ2n) is 4.70. The van der Waals surface area contributed by atoms with Crippen molar-refractivity contribution in [3.63, 3.8) is 0 Å². The molecule has 0 N–H and O–H groups in total. The van der Waals surface area contributed by atoms with Gasteiger partial charge in [-0.1, -0.05) is 0 Å². The number of carbonyl (C=O) groups excluding carboxylic acids is 1. The summed E-state index contributed by atoms with van der Waals surface area (Å²) in [5, 5.41) is 15.0. The monoisotopic (exact) mass is 328 g/mol. The van der Waals surface area contributed by atoms with Crippen LogP contribution < -0.4 is 4.90 Å². The molecule has 7 nitrogen and oxygen atoms in total. The minimum absolute atomic E-state index is 0.215. The Labute approximate surface area is 128 Å². The van der Waals surface area contributed by atoms with Crippen LogP contribution in [0.15, 0.2) is 30.5 Å². The first-order chi connectivity index (χ1) is 10.6. The summed E-state index contributed by atoms with van der Waals surface area (Å²) in [4.78, 5) is 23.4. The van der Waals surface area contributed by atoms with Crippen molar-refractivity contribution >= 4 is 17.4 Å². The molecule has 0 atom stereocenters. The van der Waals surface area contributed by atoms with E-state index in [-0.39, 0.29) is 5.82 Å². The smallest absolute Gasteiger partial charge is 0.294 e. The molecule has 1 heterocycles. The third-order valence-corrected chi connectivity index (χ3v) is 3.10.